The van der Waals surface area contributed by atoms with Gasteiger partial charge in [-0.05, 0) is 37.7 Å². The van der Waals surface area contributed by atoms with Gasteiger partial charge in [-0.2, -0.15) is 0 Å². The number of nitrogens with one attached hydrogen (secondary N) is 1. The maximum Gasteiger partial charge on any atom is 0.193 e. The van der Waals surface area contributed by atoms with E-state index in [1.165, 1.54) is 0 Å². The van der Waals surface area contributed by atoms with Crippen molar-refractivity contribution in [3.05, 3.63) is 35.9 Å². The molecule has 5 nitrogen and oxygen atoms in total. The minimum absolute atomic E-state index is 0. The van der Waals surface area contributed by atoms with Crippen LogP contribution < -0.4 is 5.32 Å². The first-order valence-corrected chi connectivity index (χ1v) is 9.48. The molecule has 1 aromatic carbocycles. The van der Waals surface area contributed by atoms with Crippen LogP contribution in [0.5, 0.6) is 0 Å². The molecule has 1 aliphatic rings. The molecule has 1 saturated heterocycles. The number of halogens is 1. The van der Waals surface area contributed by atoms with Gasteiger partial charge < -0.3 is 20.1 Å². The van der Waals surface area contributed by atoms with Gasteiger partial charge in [-0.25, -0.2) is 0 Å². The molecule has 0 bridgehead atoms. The zero-order chi connectivity index (χ0) is 17.9. The van der Waals surface area contributed by atoms with Crippen molar-refractivity contribution in [1.82, 2.24) is 10.2 Å². The van der Waals surface area contributed by atoms with Gasteiger partial charge in [0.15, 0.2) is 5.96 Å². The van der Waals surface area contributed by atoms with Crippen molar-refractivity contribution >= 4 is 29.9 Å². The van der Waals surface area contributed by atoms with Crippen LogP contribution in [-0.4, -0.2) is 62.0 Å². The molecule has 0 aliphatic carbocycles. The van der Waals surface area contributed by atoms with E-state index in [1.54, 1.807) is 0 Å². The second-order valence-electron chi connectivity index (χ2n) is 6.80. The number of hydrogen-bond donors (Lipinski definition) is 2. The molecule has 1 unspecified atom stereocenters. The van der Waals surface area contributed by atoms with E-state index >= 15 is 0 Å². The highest BCUT2D eigenvalue weighted by Gasteiger charge is 2.15. The lowest BCUT2D eigenvalue weighted by molar-refractivity contribution is 0.0625. The Bertz CT molecular complexity index is 507. The van der Waals surface area contributed by atoms with Gasteiger partial charge in [-0.1, -0.05) is 30.3 Å². The third-order valence-electron chi connectivity index (χ3n) is 4.68. The van der Waals surface area contributed by atoms with E-state index in [2.05, 4.69) is 29.2 Å². The number of aliphatic hydroxyl groups excluding tert-OH is 1. The summed E-state index contributed by atoms with van der Waals surface area (Å²) in [7, 11) is 2.07. The molecule has 1 aliphatic heterocycles. The largest absolute Gasteiger partial charge is 0.391 e. The lowest BCUT2D eigenvalue weighted by Crippen LogP contribution is -2.40. The molecule has 0 amide bonds. The number of rotatable bonds is 8. The summed E-state index contributed by atoms with van der Waals surface area (Å²) >= 11 is 0. The van der Waals surface area contributed by atoms with Gasteiger partial charge >= 0.3 is 0 Å². The van der Waals surface area contributed by atoms with Crippen molar-refractivity contribution < 1.29 is 9.84 Å². The third kappa shape index (κ3) is 8.68. The highest BCUT2D eigenvalue weighted by Crippen LogP contribution is 2.18. The predicted molar refractivity (Wildman–Crippen MR) is 118 cm³/mol. The van der Waals surface area contributed by atoms with Crippen LogP contribution in [0, 0.1) is 5.92 Å². The first-order valence-electron chi connectivity index (χ1n) is 9.48. The van der Waals surface area contributed by atoms with Gasteiger partial charge in [-0.3, -0.25) is 4.99 Å². The molecule has 26 heavy (non-hydrogen) atoms. The summed E-state index contributed by atoms with van der Waals surface area (Å²) in [5.41, 5.74) is 1.14. The Morgan fingerprint density at radius 1 is 1.31 bits per heavy atom. The number of hydrogen-bond acceptors (Lipinski definition) is 3. The van der Waals surface area contributed by atoms with Crippen LogP contribution in [-0.2, 0) is 11.2 Å². The van der Waals surface area contributed by atoms with Gasteiger partial charge in [0.05, 0.1) is 12.6 Å². The quantitative estimate of drug-likeness (QED) is 0.345. The van der Waals surface area contributed by atoms with Gasteiger partial charge in [0.2, 0.25) is 0 Å². The number of benzene rings is 1. The number of nitrogens with zero attached hydrogens (tertiary/aromatic N) is 2. The summed E-state index contributed by atoms with van der Waals surface area (Å²) in [6.45, 7) is 6.09. The van der Waals surface area contributed by atoms with Gasteiger partial charge in [-0.15, -0.1) is 24.0 Å². The molecule has 2 rings (SSSR count). The van der Waals surface area contributed by atoms with Crippen LogP contribution in [0.3, 0.4) is 0 Å². The lowest BCUT2D eigenvalue weighted by Gasteiger charge is -2.27. The zero-order valence-corrected chi connectivity index (χ0v) is 18.4. The third-order valence-corrected chi connectivity index (χ3v) is 4.68. The maximum atomic E-state index is 10.3. The summed E-state index contributed by atoms with van der Waals surface area (Å²) < 4.78 is 5.43. The highest BCUT2D eigenvalue weighted by molar-refractivity contribution is 14.0. The molecule has 1 fully saturated rings. The molecule has 1 heterocycles. The van der Waals surface area contributed by atoms with Crippen molar-refractivity contribution in [3.8, 4) is 0 Å². The molecule has 0 spiro atoms. The normalized spacial score (nSPS) is 16.7. The smallest absolute Gasteiger partial charge is 0.193 e. The van der Waals surface area contributed by atoms with Gasteiger partial charge in [0.25, 0.3) is 0 Å². The van der Waals surface area contributed by atoms with E-state index in [4.69, 9.17) is 4.74 Å². The fraction of sp³-hybridized carbons (Fsp3) is 0.650. The SMILES string of the molecule is CCNC(=NCC(O)Cc1ccccc1)N(C)CCC1CCOCC1.I. The average Bonchev–Trinajstić information content (AvgIpc) is 2.65. The van der Waals surface area contributed by atoms with Crippen LogP contribution in [0.15, 0.2) is 35.3 Å². The topological polar surface area (TPSA) is 57.1 Å². The standard InChI is InChI=1S/C20H33N3O2.HI/c1-3-21-20(23(2)12-9-17-10-13-25-14-11-17)22-16-19(24)15-18-7-5-4-6-8-18;/h4-8,17,19,24H,3,9-16H2,1-2H3,(H,21,22);1H. The lowest BCUT2D eigenvalue weighted by atomic mass is 9.96. The Morgan fingerprint density at radius 2 is 2.00 bits per heavy atom. The summed E-state index contributed by atoms with van der Waals surface area (Å²) in [5, 5.41) is 13.6. The second kappa shape index (κ2) is 13.3. The first kappa shape index (κ1) is 23.2. The van der Waals surface area contributed by atoms with Crippen LogP contribution >= 0.6 is 24.0 Å². The molecule has 0 saturated carbocycles. The Morgan fingerprint density at radius 3 is 2.65 bits per heavy atom. The fourth-order valence-corrected chi connectivity index (χ4v) is 3.13. The van der Waals surface area contributed by atoms with E-state index in [9.17, 15) is 5.11 Å². The minimum Gasteiger partial charge on any atom is -0.391 e. The van der Waals surface area contributed by atoms with Crippen molar-refractivity contribution in [2.45, 2.75) is 38.7 Å². The Balaban J connectivity index is 0.00000338. The number of ether oxygens (including phenoxy) is 1. The molecule has 1 aromatic rings. The van der Waals surface area contributed by atoms with Gasteiger partial charge in [0, 0.05) is 39.8 Å². The Kier molecular flexibility index (Phi) is 11.9. The van der Waals surface area contributed by atoms with Crippen molar-refractivity contribution in [3.63, 3.8) is 0 Å². The van der Waals surface area contributed by atoms with Crippen molar-refractivity contribution in [1.29, 1.82) is 0 Å². The molecular formula is C20H34IN3O2. The maximum absolute atomic E-state index is 10.3. The van der Waals surface area contributed by atoms with Crippen LogP contribution in [0.1, 0.15) is 31.7 Å². The van der Waals surface area contributed by atoms with Crippen molar-refractivity contribution in [2.75, 3.05) is 39.9 Å². The monoisotopic (exact) mass is 475 g/mol. The summed E-state index contributed by atoms with van der Waals surface area (Å²) in [6, 6.07) is 10.1. The highest BCUT2D eigenvalue weighted by atomic mass is 127. The van der Waals surface area contributed by atoms with Crippen LogP contribution in [0.4, 0.5) is 0 Å². The summed E-state index contributed by atoms with van der Waals surface area (Å²) in [6.07, 6.45) is 3.67. The average molecular weight is 475 g/mol. The van der Waals surface area contributed by atoms with E-state index in [-0.39, 0.29) is 24.0 Å². The van der Waals surface area contributed by atoms with Crippen LogP contribution in [0.2, 0.25) is 0 Å². The zero-order valence-electron chi connectivity index (χ0n) is 16.1. The number of aliphatic hydroxyl groups is 1. The molecule has 1 atom stereocenters. The van der Waals surface area contributed by atoms with E-state index < -0.39 is 6.10 Å². The second-order valence-corrected chi connectivity index (χ2v) is 6.80. The van der Waals surface area contributed by atoms with E-state index in [1.807, 2.05) is 30.3 Å². The van der Waals surface area contributed by atoms with E-state index in [0.29, 0.717) is 13.0 Å². The molecule has 148 valence electrons. The summed E-state index contributed by atoms with van der Waals surface area (Å²) in [5.74, 6) is 1.63. The molecule has 0 radical (unpaired) electrons. The minimum atomic E-state index is -0.458. The Labute approximate surface area is 175 Å². The number of guanidine groups is 1. The molecule has 2 N–H and O–H groups in total. The number of aliphatic imine (C=N–C) groups is 1. The first-order chi connectivity index (χ1) is 12.2. The molecule has 0 aromatic heterocycles. The predicted octanol–water partition coefficient (Wildman–Crippen LogP) is 2.92. The molecular weight excluding hydrogens is 441 g/mol. The van der Waals surface area contributed by atoms with Crippen LogP contribution in [0.25, 0.3) is 0 Å². The molecule has 6 heteroatoms. The van der Waals surface area contributed by atoms with Gasteiger partial charge in [0.1, 0.15) is 0 Å². The van der Waals surface area contributed by atoms with E-state index in [0.717, 1.165) is 63.0 Å². The Hall–Kier alpha value is -0.860. The summed E-state index contributed by atoms with van der Waals surface area (Å²) in [4.78, 5) is 6.80. The fourth-order valence-electron chi connectivity index (χ4n) is 3.13. The van der Waals surface area contributed by atoms with Crippen molar-refractivity contribution in [2.24, 2.45) is 10.9 Å².